The van der Waals surface area contributed by atoms with E-state index in [1.165, 1.54) is 21.9 Å². The minimum Gasteiger partial charge on any atom is -0.391 e. The minimum absolute atomic E-state index is 0.112. The standard InChI is InChI=1S/C25H26FN5O3/c26-20-5-1-3-18(13-20)10-12-28-25-22(30(17-32)15-19-4-2-11-27-14-19)7-8-23(29-25)31-16-21(33)6-9-24(31)34/h1-5,7-8,11,13-14,17,21,33H,6,9-10,12,15-16H2,(H,28,29). The van der Waals surface area contributed by atoms with Gasteiger partial charge in [-0.1, -0.05) is 18.2 Å². The smallest absolute Gasteiger partial charge is 0.228 e. The van der Waals surface area contributed by atoms with Gasteiger partial charge in [-0.25, -0.2) is 9.37 Å². The van der Waals surface area contributed by atoms with E-state index in [9.17, 15) is 19.1 Å². The third-order valence-corrected chi connectivity index (χ3v) is 5.63. The summed E-state index contributed by atoms with van der Waals surface area (Å²) in [4.78, 5) is 36.1. The van der Waals surface area contributed by atoms with Gasteiger partial charge in [0.15, 0.2) is 5.82 Å². The molecule has 9 heteroatoms. The predicted molar refractivity (Wildman–Crippen MR) is 127 cm³/mol. The zero-order valence-corrected chi connectivity index (χ0v) is 18.6. The average molecular weight is 464 g/mol. The van der Waals surface area contributed by atoms with Crippen LogP contribution in [0.2, 0.25) is 0 Å². The summed E-state index contributed by atoms with van der Waals surface area (Å²) in [6.45, 7) is 0.891. The topological polar surface area (TPSA) is 98.7 Å². The van der Waals surface area contributed by atoms with Gasteiger partial charge in [0, 0.05) is 25.4 Å². The fraction of sp³-hybridized carbons (Fsp3) is 0.280. The van der Waals surface area contributed by atoms with Crippen molar-refractivity contribution in [3.05, 3.63) is 77.9 Å². The van der Waals surface area contributed by atoms with Gasteiger partial charge in [0.05, 0.1) is 24.9 Å². The molecule has 1 aromatic carbocycles. The summed E-state index contributed by atoms with van der Waals surface area (Å²) in [5, 5.41) is 13.3. The molecule has 1 aliphatic rings. The van der Waals surface area contributed by atoms with E-state index >= 15 is 0 Å². The second-order valence-corrected chi connectivity index (χ2v) is 8.14. The first kappa shape index (κ1) is 23.3. The van der Waals surface area contributed by atoms with Crippen molar-refractivity contribution < 1.29 is 19.1 Å². The number of aliphatic hydroxyl groups excluding tert-OH is 1. The number of carbonyl (C=O) groups excluding carboxylic acids is 2. The first-order chi connectivity index (χ1) is 16.5. The van der Waals surface area contributed by atoms with Gasteiger partial charge < -0.3 is 15.3 Å². The normalized spacial score (nSPS) is 15.8. The zero-order chi connectivity index (χ0) is 23.9. The van der Waals surface area contributed by atoms with Crippen LogP contribution in [0.25, 0.3) is 0 Å². The molecule has 8 nitrogen and oxygen atoms in total. The Balaban J connectivity index is 1.60. The van der Waals surface area contributed by atoms with Crippen molar-refractivity contribution >= 4 is 29.6 Å². The van der Waals surface area contributed by atoms with E-state index in [-0.39, 0.29) is 31.2 Å². The van der Waals surface area contributed by atoms with E-state index in [0.29, 0.717) is 36.7 Å². The SMILES string of the molecule is O=CN(Cc1cccnc1)c1ccc(N2CC(O)CCC2=O)nc1NCCc1cccc(F)c1. The Kier molecular flexibility index (Phi) is 7.44. The molecule has 2 N–H and O–H groups in total. The lowest BCUT2D eigenvalue weighted by atomic mass is 10.1. The number of aromatic nitrogens is 2. The molecular weight excluding hydrogens is 437 g/mol. The van der Waals surface area contributed by atoms with Crippen molar-refractivity contribution in [3.8, 4) is 0 Å². The Hall–Kier alpha value is -3.85. The summed E-state index contributed by atoms with van der Waals surface area (Å²) in [6.07, 6.45) is 4.66. The number of benzene rings is 1. The van der Waals surface area contributed by atoms with E-state index in [1.807, 2.05) is 12.1 Å². The van der Waals surface area contributed by atoms with Gasteiger partial charge in [0.25, 0.3) is 0 Å². The molecule has 0 saturated carbocycles. The van der Waals surface area contributed by atoms with Crippen molar-refractivity contribution in [3.63, 3.8) is 0 Å². The molecule has 1 atom stereocenters. The molecule has 34 heavy (non-hydrogen) atoms. The van der Waals surface area contributed by atoms with E-state index in [2.05, 4.69) is 15.3 Å². The third kappa shape index (κ3) is 5.74. The van der Waals surface area contributed by atoms with Crippen LogP contribution >= 0.6 is 0 Å². The van der Waals surface area contributed by atoms with Crippen molar-refractivity contribution in [1.29, 1.82) is 0 Å². The number of pyridine rings is 2. The summed E-state index contributed by atoms with van der Waals surface area (Å²) in [7, 11) is 0. The second-order valence-electron chi connectivity index (χ2n) is 8.14. The van der Waals surface area contributed by atoms with Gasteiger partial charge in [0.2, 0.25) is 12.3 Å². The lowest BCUT2D eigenvalue weighted by Crippen LogP contribution is -2.43. The molecule has 0 aliphatic carbocycles. The first-order valence-corrected chi connectivity index (χ1v) is 11.1. The maximum Gasteiger partial charge on any atom is 0.228 e. The van der Waals surface area contributed by atoms with Crippen LogP contribution in [0.5, 0.6) is 0 Å². The summed E-state index contributed by atoms with van der Waals surface area (Å²) in [5.74, 6) is 0.397. The van der Waals surface area contributed by atoms with Gasteiger partial charge in [-0.2, -0.15) is 0 Å². The third-order valence-electron chi connectivity index (χ3n) is 5.63. The van der Waals surface area contributed by atoms with Gasteiger partial charge >= 0.3 is 0 Å². The highest BCUT2D eigenvalue weighted by atomic mass is 19.1. The number of carbonyl (C=O) groups is 2. The fourth-order valence-electron chi connectivity index (χ4n) is 3.89. The molecule has 3 heterocycles. The molecule has 176 valence electrons. The van der Waals surface area contributed by atoms with E-state index in [1.54, 1.807) is 36.7 Å². The Bertz CT molecular complexity index is 1140. The van der Waals surface area contributed by atoms with Gasteiger partial charge in [-0.3, -0.25) is 19.5 Å². The number of piperidine rings is 1. The van der Waals surface area contributed by atoms with E-state index in [4.69, 9.17) is 0 Å². The molecule has 4 rings (SSSR count). The fourth-order valence-corrected chi connectivity index (χ4v) is 3.89. The van der Waals surface area contributed by atoms with Gasteiger partial charge in [0.1, 0.15) is 11.6 Å². The lowest BCUT2D eigenvalue weighted by Gasteiger charge is -2.30. The first-order valence-electron chi connectivity index (χ1n) is 11.1. The van der Waals surface area contributed by atoms with Crippen LogP contribution in [0.3, 0.4) is 0 Å². The maximum atomic E-state index is 13.5. The Labute approximate surface area is 197 Å². The number of nitrogens with one attached hydrogen (secondary N) is 1. The van der Waals surface area contributed by atoms with Crippen LogP contribution in [0, 0.1) is 5.82 Å². The number of halogens is 1. The Morgan fingerprint density at radius 3 is 2.82 bits per heavy atom. The lowest BCUT2D eigenvalue weighted by molar-refractivity contribution is -0.121. The number of hydrogen-bond acceptors (Lipinski definition) is 6. The Morgan fingerprint density at radius 2 is 2.06 bits per heavy atom. The molecule has 2 aromatic heterocycles. The molecule has 1 saturated heterocycles. The number of amides is 2. The highest BCUT2D eigenvalue weighted by Crippen LogP contribution is 2.29. The molecule has 1 aliphatic heterocycles. The number of β-amino-alcohol motifs (C(OH)–C–C–N with tert-alkyl or cyclic N) is 1. The van der Waals surface area contributed by atoms with Crippen molar-refractivity contribution in [2.45, 2.75) is 31.9 Å². The number of anilines is 3. The summed E-state index contributed by atoms with van der Waals surface area (Å²) >= 11 is 0. The summed E-state index contributed by atoms with van der Waals surface area (Å²) in [5.41, 5.74) is 2.20. The Morgan fingerprint density at radius 1 is 1.21 bits per heavy atom. The molecule has 0 spiro atoms. The number of aliphatic hydroxyl groups is 1. The monoisotopic (exact) mass is 463 g/mol. The van der Waals surface area contributed by atoms with Crippen LogP contribution in [-0.2, 0) is 22.6 Å². The largest absolute Gasteiger partial charge is 0.391 e. The minimum atomic E-state index is -0.611. The quantitative estimate of drug-likeness (QED) is 0.474. The van der Waals surface area contributed by atoms with Crippen LogP contribution in [0.4, 0.5) is 21.7 Å². The zero-order valence-electron chi connectivity index (χ0n) is 18.6. The predicted octanol–water partition coefficient (Wildman–Crippen LogP) is 2.92. The van der Waals surface area contributed by atoms with Gasteiger partial charge in [-0.15, -0.1) is 0 Å². The summed E-state index contributed by atoms with van der Waals surface area (Å²) < 4.78 is 13.5. The van der Waals surface area contributed by atoms with Crippen LogP contribution < -0.4 is 15.1 Å². The highest BCUT2D eigenvalue weighted by molar-refractivity contribution is 5.94. The molecule has 0 radical (unpaired) electrons. The maximum absolute atomic E-state index is 13.5. The molecule has 1 fully saturated rings. The van der Waals surface area contributed by atoms with Crippen LogP contribution in [-0.4, -0.2) is 46.6 Å². The summed E-state index contributed by atoms with van der Waals surface area (Å²) in [6, 6.07) is 13.4. The highest BCUT2D eigenvalue weighted by Gasteiger charge is 2.27. The van der Waals surface area contributed by atoms with Crippen molar-refractivity contribution in [2.24, 2.45) is 0 Å². The molecule has 2 amide bonds. The number of rotatable bonds is 9. The number of hydrogen-bond donors (Lipinski definition) is 2. The van der Waals surface area contributed by atoms with E-state index < -0.39 is 6.10 Å². The van der Waals surface area contributed by atoms with Crippen molar-refractivity contribution in [1.82, 2.24) is 9.97 Å². The van der Waals surface area contributed by atoms with Crippen LogP contribution in [0.1, 0.15) is 24.0 Å². The van der Waals surface area contributed by atoms with Crippen LogP contribution in [0.15, 0.2) is 60.9 Å². The second kappa shape index (κ2) is 10.8. The number of nitrogens with zero attached hydrogens (tertiary/aromatic N) is 4. The van der Waals surface area contributed by atoms with E-state index in [0.717, 1.165) is 17.5 Å². The molecule has 1 unspecified atom stereocenters. The molecule has 0 bridgehead atoms. The van der Waals surface area contributed by atoms with Crippen molar-refractivity contribution in [2.75, 3.05) is 28.2 Å². The molecular formula is C25H26FN5O3. The van der Waals surface area contributed by atoms with Gasteiger partial charge in [-0.05, 0) is 54.3 Å². The average Bonchev–Trinajstić information content (AvgIpc) is 2.85. The molecule has 3 aromatic rings.